The summed E-state index contributed by atoms with van der Waals surface area (Å²) in [6.07, 6.45) is 0.726. The van der Waals surface area contributed by atoms with Crippen LogP contribution in [-0.4, -0.2) is 30.2 Å². The fourth-order valence-electron chi connectivity index (χ4n) is 1.84. The largest absolute Gasteiger partial charge is 0.297 e. The second-order valence-corrected chi connectivity index (χ2v) is 4.05. The molecule has 66 valence electrons. The summed E-state index contributed by atoms with van der Waals surface area (Å²) in [7, 11) is 0. The van der Waals surface area contributed by atoms with Crippen LogP contribution in [0.15, 0.2) is 0 Å². The predicted molar refractivity (Wildman–Crippen MR) is 45.4 cm³/mol. The molecular formula is C9H18FN. The van der Waals surface area contributed by atoms with Crippen LogP contribution in [0.3, 0.4) is 0 Å². The van der Waals surface area contributed by atoms with Crippen LogP contribution < -0.4 is 0 Å². The third kappa shape index (κ3) is 2.16. The lowest BCUT2D eigenvalue weighted by Gasteiger charge is -2.45. The maximum Gasteiger partial charge on any atom is 0.136 e. The van der Waals surface area contributed by atoms with Gasteiger partial charge >= 0.3 is 0 Å². The minimum Gasteiger partial charge on any atom is -0.297 e. The molecule has 0 aromatic heterocycles. The lowest BCUT2D eigenvalue weighted by molar-refractivity contribution is -0.0423. The molecule has 1 aliphatic rings. The van der Waals surface area contributed by atoms with Gasteiger partial charge in [-0.05, 0) is 18.9 Å². The summed E-state index contributed by atoms with van der Waals surface area (Å²) < 4.78 is 13.6. The molecule has 0 bridgehead atoms. The Hall–Kier alpha value is -0.110. The standard InChI is InChI=1S/C9H18FN/c1-4-11-6-9(10,7-11)5-8(2)3/h8H,4-7H2,1-3H3. The van der Waals surface area contributed by atoms with Gasteiger partial charge in [0.15, 0.2) is 0 Å². The monoisotopic (exact) mass is 159 g/mol. The van der Waals surface area contributed by atoms with Gasteiger partial charge in [-0.1, -0.05) is 20.8 Å². The second kappa shape index (κ2) is 3.10. The first-order valence-corrected chi connectivity index (χ1v) is 4.47. The third-order valence-electron chi connectivity index (χ3n) is 2.24. The Kier molecular flexibility index (Phi) is 2.53. The zero-order valence-corrected chi connectivity index (χ0v) is 7.73. The van der Waals surface area contributed by atoms with Crippen LogP contribution in [0.1, 0.15) is 27.2 Å². The van der Waals surface area contributed by atoms with Crippen LogP contribution in [-0.2, 0) is 0 Å². The van der Waals surface area contributed by atoms with Gasteiger partial charge in [-0.2, -0.15) is 0 Å². The molecule has 1 nitrogen and oxygen atoms in total. The molecule has 0 aromatic rings. The summed E-state index contributed by atoms with van der Waals surface area (Å²) >= 11 is 0. The molecule has 0 amide bonds. The zero-order chi connectivity index (χ0) is 8.48. The Bertz CT molecular complexity index is 128. The lowest BCUT2D eigenvalue weighted by Crippen LogP contribution is -2.59. The molecule has 0 unspecified atom stereocenters. The third-order valence-corrected chi connectivity index (χ3v) is 2.24. The Morgan fingerprint density at radius 1 is 1.45 bits per heavy atom. The minimum absolute atomic E-state index is 0.485. The van der Waals surface area contributed by atoms with Gasteiger partial charge in [0.1, 0.15) is 5.67 Å². The lowest BCUT2D eigenvalue weighted by atomic mass is 9.87. The summed E-state index contributed by atoms with van der Waals surface area (Å²) in [5.74, 6) is 0.485. The summed E-state index contributed by atoms with van der Waals surface area (Å²) in [5, 5.41) is 0. The first kappa shape index (κ1) is 8.98. The quantitative estimate of drug-likeness (QED) is 0.609. The first-order chi connectivity index (χ1) is 5.06. The predicted octanol–water partition coefficient (Wildman–Crippen LogP) is 2.08. The number of hydrogen-bond acceptors (Lipinski definition) is 1. The smallest absolute Gasteiger partial charge is 0.136 e. The number of rotatable bonds is 3. The highest BCUT2D eigenvalue weighted by Gasteiger charge is 2.42. The van der Waals surface area contributed by atoms with E-state index in [1.807, 2.05) is 0 Å². The number of nitrogens with zero attached hydrogens (tertiary/aromatic N) is 1. The molecular weight excluding hydrogens is 141 g/mol. The van der Waals surface area contributed by atoms with Crippen molar-refractivity contribution < 1.29 is 4.39 Å². The van der Waals surface area contributed by atoms with Gasteiger partial charge in [-0.3, -0.25) is 4.90 Å². The fraction of sp³-hybridized carbons (Fsp3) is 1.00. The van der Waals surface area contributed by atoms with E-state index in [0.29, 0.717) is 19.0 Å². The first-order valence-electron chi connectivity index (χ1n) is 4.47. The normalized spacial score (nSPS) is 23.7. The van der Waals surface area contributed by atoms with E-state index in [0.717, 1.165) is 13.0 Å². The highest BCUT2D eigenvalue weighted by atomic mass is 19.1. The number of alkyl halides is 1. The van der Waals surface area contributed by atoms with Crippen LogP contribution in [0.25, 0.3) is 0 Å². The van der Waals surface area contributed by atoms with Crippen molar-refractivity contribution in [3.05, 3.63) is 0 Å². The van der Waals surface area contributed by atoms with Crippen LogP contribution in [0.2, 0.25) is 0 Å². The van der Waals surface area contributed by atoms with Crippen molar-refractivity contribution in [3.63, 3.8) is 0 Å². The molecule has 0 aliphatic carbocycles. The highest BCUT2D eigenvalue weighted by Crippen LogP contribution is 2.31. The van der Waals surface area contributed by atoms with Crippen molar-refractivity contribution >= 4 is 0 Å². The maximum atomic E-state index is 13.6. The molecule has 11 heavy (non-hydrogen) atoms. The molecule has 1 rings (SSSR count). The van der Waals surface area contributed by atoms with Gasteiger partial charge in [0, 0.05) is 13.1 Å². The SMILES string of the molecule is CCN1CC(F)(CC(C)C)C1. The van der Waals surface area contributed by atoms with E-state index in [1.165, 1.54) is 0 Å². The van der Waals surface area contributed by atoms with Crippen molar-refractivity contribution in [2.45, 2.75) is 32.9 Å². The average Bonchev–Trinajstić information content (AvgIpc) is 1.80. The average molecular weight is 159 g/mol. The maximum absolute atomic E-state index is 13.6. The van der Waals surface area contributed by atoms with E-state index in [2.05, 4.69) is 25.7 Å². The van der Waals surface area contributed by atoms with Crippen molar-refractivity contribution in [2.75, 3.05) is 19.6 Å². The highest BCUT2D eigenvalue weighted by molar-refractivity contribution is 4.95. The molecule has 2 heteroatoms. The van der Waals surface area contributed by atoms with Crippen molar-refractivity contribution in [3.8, 4) is 0 Å². The molecule has 1 saturated heterocycles. The number of hydrogen-bond donors (Lipinski definition) is 0. The number of likely N-dealkylation sites (tertiary alicyclic amines) is 1. The molecule has 1 fully saturated rings. The Balaban J connectivity index is 2.25. The number of halogens is 1. The molecule has 0 aromatic carbocycles. The van der Waals surface area contributed by atoms with E-state index in [-0.39, 0.29) is 0 Å². The van der Waals surface area contributed by atoms with Gasteiger partial charge in [0.05, 0.1) is 0 Å². The van der Waals surface area contributed by atoms with Gasteiger partial charge < -0.3 is 0 Å². The van der Waals surface area contributed by atoms with Crippen LogP contribution in [0, 0.1) is 5.92 Å². The molecule has 0 atom stereocenters. The van der Waals surface area contributed by atoms with E-state index >= 15 is 0 Å². The molecule has 0 spiro atoms. The van der Waals surface area contributed by atoms with Gasteiger partial charge in [-0.25, -0.2) is 4.39 Å². The Labute approximate surface area is 68.6 Å². The summed E-state index contributed by atoms with van der Waals surface area (Å²) in [6, 6.07) is 0. The van der Waals surface area contributed by atoms with Crippen molar-refractivity contribution in [2.24, 2.45) is 5.92 Å². The molecule has 1 aliphatic heterocycles. The van der Waals surface area contributed by atoms with Crippen molar-refractivity contribution in [1.82, 2.24) is 4.90 Å². The van der Waals surface area contributed by atoms with Crippen LogP contribution >= 0.6 is 0 Å². The molecule has 0 saturated carbocycles. The van der Waals surface area contributed by atoms with Gasteiger partial charge in [0.2, 0.25) is 0 Å². The molecule has 0 radical (unpaired) electrons. The van der Waals surface area contributed by atoms with Crippen LogP contribution in [0.5, 0.6) is 0 Å². The second-order valence-electron chi connectivity index (χ2n) is 4.05. The Morgan fingerprint density at radius 2 is 2.00 bits per heavy atom. The van der Waals surface area contributed by atoms with Gasteiger partial charge in [0.25, 0.3) is 0 Å². The molecule has 0 N–H and O–H groups in total. The fourth-order valence-corrected chi connectivity index (χ4v) is 1.84. The van der Waals surface area contributed by atoms with Crippen molar-refractivity contribution in [1.29, 1.82) is 0 Å². The summed E-state index contributed by atoms with van der Waals surface area (Å²) in [6.45, 7) is 8.54. The minimum atomic E-state index is -0.857. The zero-order valence-electron chi connectivity index (χ0n) is 7.73. The van der Waals surface area contributed by atoms with E-state index in [4.69, 9.17) is 0 Å². The molecule has 1 heterocycles. The van der Waals surface area contributed by atoms with Gasteiger partial charge in [-0.15, -0.1) is 0 Å². The Morgan fingerprint density at radius 3 is 2.36 bits per heavy atom. The summed E-state index contributed by atoms with van der Waals surface area (Å²) in [4.78, 5) is 2.14. The van der Waals surface area contributed by atoms with E-state index in [9.17, 15) is 4.39 Å². The van der Waals surface area contributed by atoms with Crippen LogP contribution in [0.4, 0.5) is 4.39 Å². The summed E-state index contributed by atoms with van der Waals surface area (Å²) in [5.41, 5.74) is -0.857. The topological polar surface area (TPSA) is 3.24 Å². The van der Waals surface area contributed by atoms with E-state index < -0.39 is 5.67 Å². The van der Waals surface area contributed by atoms with E-state index in [1.54, 1.807) is 0 Å².